The molecular formula is C20H23N7O. The summed E-state index contributed by atoms with van der Waals surface area (Å²) < 4.78 is 3.58. The van der Waals surface area contributed by atoms with Crippen LogP contribution in [0.4, 0.5) is 5.69 Å². The predicted octanol–water partition coefficient (Wildman–Crippen LogP) is 2.82. The molecular weight excluding hydrogens is 354 g/mol. The normalized spacial score (nSPS) is 11.5. The van der Waals surface area contributed by atoms with E-state index in [1.54, 1.807) is 10.9 Å². The quantitative estimate of drug-likeness (QED) is 0.591. The van der Waals surface area contributed by atoms with E-state index < -0.39 is 0 Å². The molecule has 4 rings (SSSR count). The van der Waals surface area contributed by atoms with E-state index in [1.807, 2.05) is 51.4 Å². The van der Waals surface area contributed by atoms with Gasteiger partial charge in [0.1, 0.15) is 0 Å². The van der Waals surface area contributed by atoms with Crippen LogP contribution >= 0.6 is 0 Å². The lowest BCUT2D eigenvalue weighted by atomic mass is 10.1. The van der Waals surface area contributed by atoms with Crippen molar-refractivity contribution in [3.05, 3.63) is 46.7 Å². The number of nitrogens with one attached hydrogen (secondary N) is 1. The molecule has 4 heterocycles. The molecule has 0 fully saturated rings. The third kappa shape index (κ3) is 3.11. The molecule has 4 aromatic rings. The number of rotatable bonds is 4. The second-order valence-corrected chi connectivity index (χ2v) is 7.17. The van der Waals surface area contributed by atoms with Gasteiger partial charge in [0.15, 0.2) is 11.3 Å². The number of aryl methyl sites for hydroxylation is 5. The van der Waals surface area contributed by atoms with Crippen molar-refractivity contribution in [2.45, 2.75) is 40.5 Å². The van der Waals surface area contributed by atoms with Gasteiger partial charge >= 0.3 is 0 Å². The number of fused-ring (bicyclic) bond motifs is 2. The highest BCUT2D eigenvalue weighted by Gasteiger charge is 2.14. The van der Waals surface area contributed by atoms with Gasteiger partial charge in [-0.1, -0.05) is 0 Å². The van der Waals surface area contributed by atoms with Crippen LogP contribution in [0.15, 0.2) is 18.3 Å². The lowest BCUT2D eigenvalue weighted by Gasteiger charge is -2.11. The molecule has 0 radical (unpaired) electrons. The van der Waals surface area contributed by atoms with Crippen LogP contribution in [0, 0.1) is 27.7 Å². The Hall–Kier alpha value is -3.29. The van der Waals surface area contributed by atoms with Gasteiger partial charge in [0.25, 0.3) is 0 Å². The number of amides is 1. The van der Waals surface area contributed by atoms with E-state index in [0.717, 1.165) is 45.0 Å². The summed E-state index contributed by atoms with van der Waals surface area (Å²) in [5.74, 6) is -0.0572. The number of nitrogens with zero attached hydrogens (tertiary/aromatic N) is 6. The number of carbonyl (C=O) groups excluding carboxylic acids is 1. The molecule has 8 heteroatoms. The van der Waals surface area contributed by atoms with Crippen LogP contribution in [-0.2, 0) is 18.3 Å². The molecule has 0 aliphatic heterocycles. The second-order valence-electron chi connectivity index (χ2n) is 7.17. The maximum atomic E-state index is 12.5. The summed E-state index contributed by atoms with van der Waals surface area (Å²) in [6, 6.07) is 3.87. The lowest BCUT2D eigenvalue weighted by molar-refractivity contribution is -0.116. The van der Waals surface area contributed by atoms with E-state index in [2.05, 4.69) is 25.5 Å². The lowest BCUT2D eigenvalue weighted by Crippen LogP contribution is -2.14. The molecule has 1 N–H and O–H groups in total. The van der Waals surface area contributed by atoms with Crippen molar-refractivity contribution in [2.24, 2.45) is 7.05 Å². The highest BCUT2D eigenvalue weighted by molar-refractivity contribution is 5.93. The van der Waals surface area contributed by atoms with Crippen molar-refractivity contribution in [3.8, 4) is 0 Å². The van der Waals surface area contributed by atoms with Crippen molar-refractivity contribution in [2.75, 3.05) is 5.32 Å². The first kappa shape index (κ1) is 18.1. The van der Waals surface area contributed by atoms with Crippen molar-refractivity contribution < 1.29 is 4.79 Å². The minimum atomic E-state index is -0.0572. The Bertz CT molecular complexity index is 1220. The Balaban J connectivity index is 1.50. The Labute approximate surface area is 162 Å². The first-order chi connectivity index (χ1) is 13.3. The summed E-state index contributed by atoms with van der Waals surface area (Å²) in [6.45, 7) is 7.88. The monoisotopic (exact) mass is 377 g/mol. The summed E-state index contributed by atoms with van der Waals surface area (Å²) in [5, 5.41) is 12.7. The summed E-state index contributed by atoms with van der Waals surface area (Å²) in [4.78, 5) is 21.5. The standard InChI is InChI=1S/C20H23N7O/c1-11-8-18-22-12(2)16(14(4)27(18)24-11)6-7-19(28)23-15-9-17-13(3)25-26(5)20(17)21-10-15/h8-10H,6-7H2,1-5H3,(H,23,28). The second kappa shape index (κ2) is 6.70. The van der Waals surface area contributed by atoms with Gasteiger partial charge in [-0.05, 0) is 45.7 Å². The molecule has 0 atom stereocenters. The van der Waals surface area contributed by atoms with Crippen LogP contribution in [0.5, 0.6) is 0 Å². The van der Waals surface area contributed by atoms with Gasteiger partial charge in [-0.3, -0.25) is 9.48 Å². The number of hydrogen-bond donors (Lipinski definition) is 1. The van der Waals surface area contributed by atoms with Crippen molar-refractivity contribution in [1.29, 1.82) is 0 Å². The van der Waals surface area contributed by atoms with Gasteiger partial charge in [-0.15, -0.1) is 0 Å². The minimum absolute atomic E-state index is 0.0572. The molecule has 0 bridgehead atoms. The summed E-state index contributed by atoms with van der Waals surface area (Å²) in [5.41, 5.74) is 7.16. The van der Waals surface area contributed by atoms with Gasteiger partial charge in [-0.2, -0.15) is 10.2 Å². The Morgan fingerprint density at radius 3 is 2.68 bits per heavy atom. The Morgan fingerprint density at radius 1 is 1.11 bits per heavy atom. The largest absolute Gasteiger partial charge is 0.325 e. The molecule has 144 valence electrons. The fraction of sp³-hybridized carbons (Fsp3) is 0.350. The van der Waals surface area contributed by atoms with Crippen LogP contribution < -0.4 is 5.32 Å². The molecule has 4 aromatic heterocycles. The zero-order valence-corrected chi connectivity index (χ0v) is 16.7. The van der Waals surface area contributed by atoms with Crippen LogP contribution in [0.25, 0.3) is 16.7 Å². The fourth-order valence-electron chi connectivity index (χ4n) is 3.64. The van der Waals surface area contributed by atoms with Gasteiger partial charge in [0.05, 0.1) is 23.3 Å². The van der Waals surface area contributed by atoms with E-state index in [0.29, 0.717) is 18.5 Å². The van der Waals surface area contributed by atoms with Crippen LogP contribution in [0.1, 0.15) is 34.8 Å². The molecule has 0 unspecified atom stereocenters. The molecule has 8 nitrogen and oxygen atoms in total. The van der Waals surface area contributed by atoms with Crippen LogP contribution in [0.2, 0.25) is 0 Å². The average Bonchev–Trinajstić information content (AvgIpc) is 3.14. The maximum Gasteiger partial charge on any atom is 0.224 e. The number of carbonyl (C=O) groups is 1. The number of aromatic nitrogens is 6. The summed E-state index contributed by atoms with van der Waals surface area (Å²) in [6.07, 6.45) is 2.63. The SMILES string of the molecule is Cc1cc2nc(C)c(CCC(=O)Nc3cnc4c(c3)c(C)nn4C)c(C)n2n1. The molecule has 1 amide bonds. The van der Waals surface area contributed by atoms with Gasteiger partial charge in [-0.25, -0.2) is 14.5 Å². The molecule has 0 aromatic carbocycles. The summed E-state index contributed by atoms with van der Waals surface area (Å²) in [7, 11) is 1.86. The van der Waals surface area contributed by atoms with E-state index in [-0.39, 0.29) is 5.91 Å². The van der Waals surface area contributed by atoms with Gasteiger partial charge in [0, 0.05) is 36.3 Å². The topological polar surface area (TPSA) is 90.0 Å². The van der Waals surface area contributed by atoms with E-state index >= 15 is 0 Å². The number of pyridine rings is 1. The zero-order valence-electron chi connectivity index (χ0n) is 16.7. The third-order valence-corrected chi connectivity index (χ3v) is 5.03. The van der Waals surface area contributed by atoms with Crippen molar-refractivity contribution >= 4 is 28.3 Å². The zero-order chi connectivity index (χ0) is 20.0. The molecule has 28 heavy (non-hydrogen) atoms. The molecule has 0 spiro atoms. The first-order valence-electron chi connectivity index (χ1n) is 9.25. The van der Waals surface area contributed by atoms with Crippen LogP contribution in [-0.4, -0.2) is 35.3 Å². The summed E-state index contributed by atoms with van der Waals surface area (Å²) >= 11 is 0. The van der Waals surface area contributed by atoms with E-state index in [4.69, 9.17) is 0 Å². The average molecular weight is 377 g/mol. The van der Waals surface area contributed by atoms with Crippen molar-refractivity contribution in [1.82, 2.24) is 29.4 Å². The van der Waals surface area contributed by atoms with Crippen molar-refractivity contribution in [3.63, 3.8) is 0 Å². The first-order valence-corrected chi connectivity index (χ1v) is 9.25. The predicted molar refractivity (Wildman–Crippen MR) is 107 cm³/mol. The highest BCUT2D eigenvalue weighted by Crippen LogP contribution is 2.20. The highest BCUT2D eigenvalue weighted by atomic mass is 16.1. The van der Waals surface area contributed by atoms with Gasteiger partial charge in [0.2, 0.25) is 5.91 Å². The van der Waals surface area contributed by atoms with E-state index in [9.17, 15) is 4.79 Å². The molecule has 0 aliphatic carbocycles. The van der Waals surface area contributed by atoms with E-state index in [1.165, 1.54) is 0 Å². The molecule has 0 saturated carbocycles. The molecule has 0 saturated heterocycles. The van der Waals surface area contributed by atoms with Gasteiger partial charge < -0.3 is 5.32 Å². The number of anilines is 1. The smallest absolute Gasteiger partial charge is 0.224 e. The molecule has 0 aliphatic rings. The number of hydrogen-bond acceptors (Lipinski definition) is 5. The maximum absolute atomic E-state index is 12.5. The minimum Gasteiger partial charge on any atom is -0.325 e. The Kier molecular flexibility index (Phi) is 4.33. The Morgan fingerprint density at radius 2 is 1.89 bits per heavy atom. The van der Waals surface area contributed by atoms with Crippen LogP contribution in [0.3, 0.4) is 0 Å². The third-order valence-electron chi connectivity index (χ3n) is 5.03. The fourth-order valence-corrected chi connectivity index (χ4v) is 3.64.